The van der Waals surface area contributed by atoms with Crippen LogP contribution in [0.4, 0.5) is 9.52 Å². The van der Waals surface area contributed by atoms with Crippen molar-refractivity contribution in [1.29, 1.82) is 0 Å². The largest absolute Gasteiger partial charge is 0.352 e. The second-order valence-corrected chi connectivity index (χ2v) is 6.92. The molecule has 2 aromatic carbocycles. The van der Waals surface area contributed by atoms with Gasteiger partial charge in [0.25, 0.3) is 11.8 Å². The molecule has 0 fully saturated rings. The van der Waals surface area contributed by atoms with Crippen molar-refractivity contribution in [2.75, 3.05) is 11.9 Å². The van der Waals surface area contributed by atoms with Crippen molar-refractivity contribution < 1.29 is 14.0 Å². The average Bonchev–Trinajstić information content (AvgIpc) is 3.09. The predicted octanol–water partition coefficient (Wildman–Crippen LogP) is 3.56. The summed E-state index contributed by atoms with van der Waals surface area (Å²) >= 11 is 7.19. The fourth-order valence-electron chi connectivity index (χ4n) is 2.20. The molecule has 138 valence electrons. The minimum Gasteiger partial charge on any atom is -0.352 e. The first kappa shape index (κ1) is 18.9. The van der Waals surface area contributed by atoms with E-state index in [1.807, 2.05) is 0 Å². The molecule has 2 amide bonds. The number of halogens is 2. The van der Waals surface area contributed by atoms with Gasteiger partial charge in [0, 0.05) is 18.5 Å². The number of amides is 2. The van der Waals surface area contributed by atoms with Gasteiger partial charge in [0.15, 0.2) is 0 Å². The molecular weight excluding hydrogens is 391 g/mol. The van der Waals surface area contributed by atoms with Gasteiger partial charge >= 0.3 is 0 Å². The highest BCUT2D eigenvalue weighted by Gasteiger charge is 2.12. The Hall–Kier alpha value is -2.84. The smallest absolute Gasteiger partial charge is 0.257 e. The van der Waals surface area contributed by atoms with Gasteiger partial charge in [0.2, 0.25) is 5.13 Å². The second-order valence-electron chi connectivity index (χ2n) is 5.45. The van der Waals surface area contributed by atoms with Crippen LogP contribution in [0.25, 0.3) is 0 Å². The lowest BCUT2D eigenvalue weighted by molar-refractivity contribution is 0.0953. The molecule has 6 nitrogen and oxygen atoms in total. The molecule has 0 unspecified atom stereocenters. The SMILES string of the molecule is O=C(Nc1nnc(CCNC(=O)c2ccccc2Cl)s1)c1ccc(F)cc1. The zero-order valence-electron chi connectivity index (χ0n) is 13.9. The highest BCUT2D eigenvalue weighted by molar-refractivity contribution is 7.15. The highest BCUT2D eigenvalue weighted by Crippen LogP contribution is 2.17. The summed E-state index contributed by atoms with van der Waals surface area (Å²) in [4.78, 5) is 24.1. The lowest BCUT2D eigenvalue weighted by Gasteiger charge is -2.05. The van der Waals surface area contributed by atoms with Crippen LogP contribution < -0.4 is 10.6 Å². The van der Waals surface area contributed by atoms with Gasteiger partial charge in [0.1, 0.15) is 10.8 Å². The third-order valence-corrected chi connectivity index (χ3v) is 4.76. The second kappa shape index (κ2) is 8.70. The molecule has 0 saturated heterocycles. The number of hydrogen-bond acceptors (Lipinski definition) is 5. The summed E-state index contributed by atoms with van der Waals surface area (Å²) in [6.07, 6.45) is 0.459. The predicted molar refractivity (Wildman–Crippen MR) is 102 cm³/mol. The molecule has 0 aliphatic carbocycles. The van der Waals surface area contributed by atoms with Gasteiger partial charge in [-0.05, 0) is 36.4 Å². The van der Waals surface area contributed by atoms with Crippen molar-refractivity contribution >= 4 is 39.9 Å². The number of benzene rings is 2. The Morgan fingerprint density at radius 1 is 1.04 bits per heavy atom. The molecule has 0 saturated carbocycles. The molecule has 1 aromatic heterocycles. The number of anilines is 1. The quantitative estimate of drug-likeness (QED) is 0.658. The number of rotatable bonds is 6. The van der Waals surface area contributed by atoms with Gasteiger partial charge in [-0.25, -0.2) is 4.39 Å². The summed E-state index contributed by atoms with van der Waals surface area (Å²) in [5.74, 6) is -1.08. The van der Waals surface area contributed by atoms with Gasteiger partial charge in [0.05, 0.1) is 10.6 Å². The third kappa shape index (κ3) is 5.08. The van der Waals surface area contributed by atoms with Crippen molar-refractivity contribution in [1.82, 2.24) is 15.5 Å². The number of aromatic nitrogens is 2. The molecule has 0 aliphatic rings. The maximum absolute atomic E-state index is 12.9. The van der Waals surface area contributed by atoms with E-state index in [-0.39, 0.29) is 5.91 Å². The van der Waals surface area contributed by atoms with Crippen LogP contribution in [0.2, 0.25) is 5.02 Å². The third-order valence-electron chi connectivity index (χ3n) is 3.54. The van der Waals surface area contributed by atoms with Crippen LogP contribution in [-0.2, 0) is 6.42 Å². The fraction of sp³-hybridized carbons (Fsp3) is 0.111. The van der Waals surface area contributed by atoms with E-state index in [1.165, 1.54) is 35.6 Å². The Morgan fingerprint density at radius 3 is 2.52 bits per heavy atom. The van der Waals surface area contributed by atoms with Crippen LogP contribution in [0.5, 0.6) is 0 Å². The summed E-state index contributed by atoms with van der Waals surface area (Å²) in [5.41, 5.74) is 0.726. The molecule has 3 aromatic rings. The molecule has 0 spiro atoms. The Labute approximate surface area is 163 Å². The maximum atomic E-state index is 12.9. The normalized spacial score (nSPS) is 10.4. The first-order chi connectivity index (χ1) is 13.0. The van der Waals surface area contributed by atoms with E-state index in [0.29, 0.717) is 39.3 Å². The number of carbonyl (C=O) groups is 2. The Bertz CT molecular complexity index is 962. The monoisotopic (exact) mass is 404 g/mol. The van der Waals surface area contributed by atoms with E-state index in [0.717, 1.165) is 0 Å². The standard InChI is InChI=1S/C18H14ClFN4O2S/c19-14-4-2-1-3-13(14)17(26)21-10-9-15-23-24-18(27-15)22-16(25)11-5-7-12(20)8-6-11/h1-8H,9-10H2,(H,21,26)(H,22,24,25). The molecule has 9 heteroatoms. The molecule has 27 heavy (non-hydrogen) atoms. The minimum absolute atomic E-state index is 0.269. The van der Waals surface area contributed by atoms with Crippen LogP contribution in [0.3, 0.4) is 0 Å². The van der Waals surface area contributed by atoms with Crippen LogP contribution in [-0.4, -0.2) is 28.6 Å². The number of carbonyl (C=O) groups excluding carboxylic acids is 2. The number of nitrogens with zero attached hydrogens (tertiary/aromatic N) is 2. The van der Waals surface area contributed by atoms with Crippen LogP contribution in [0, 0.1) is 5.82 Å². The summed E-state index contributed by atoms with van der Waals surface area (Å²) in [6, 6.07) is 12.0. The van der Waals surface area contributed by atoms with Gasteiger partial charge in [-0.2, -0.15) is 0 Å². The van der Waals surface area contributed by atoms with E-state index in [2.05, 4.69) is 20.8 Å². The van der Waals surface area contributed by atoms with E-state index >= 15 is 0 Å². The summed E-state index contributed by atoms with van der Waals surface area (Å²) in [6.45, 7) is 0.352. The van der Waals surface area contributed by atoms with Gasteiger partial charge < -0.3 is 5.32 Å². The average molecular weight is 405 g/mol. The first-order valence-electron chi connectivity index (χ1n) is 7.95. The summed E-state index contributed by atoms with van der Waals surface area (Å²) in [5, 5.41) is 14.6. The topological polar surface area (TPSA) is 84.0 Å². The van der Waals surface area contributed by atoms with Crippen molar-refractivity contribution in [2.24, 2.45) is 0 Å². The van der Waals surface area contributed by atoms with Crippen LogP contribution in [0.15, 0.2) is 48.5 Å². The Morgan fingerprint density at radius 2 is 1.78 bits per heavy atom. The van der Waals surface area contributed by atoms with Gasteiger partial charge in [-0.3, -0.25) is 14.9 Å². The van der Waals surface area contributed by atoms with Crippen LogP contribution in [0.1, 0.15) is 25.7 Å². The van der Waals surface area contributed by atoms with Gasteiger partial charge in [-0.15, -0.1) is 10.2 Å². The Kier molecular flexibility index (Phi) is 6.10. The minimum atomic E-state index is -0.413. The summed E-state index contributed by atoms with van der Waals surface area (Å²) in [7, 11) is 0. The molecule has 0 aliphatic heterocycles. The van der Waals surface area contributed by atoms with E-state index in [1.54, 1.807) is 24.3 Å². The molecule has 3 rings (SSSR count). The van der Waals surface area contributed by atoms with Crippen molar-refractivity contribution in [3.63, 3.8) is 0 Å². The van der Waals surface area contributed by atoms with E-state index in [9.17, 15) is 14.0 Å². The summed E-state index contributed by atoms with van der Waals surface area (Å²) < 4.78 is 12.9. The zero-order chi connectivity index (χ0) is 19.2. The van der Waals surface area contributed by atoms with Crippen molar-refractivity contribution in [3.8, 4) is 0 Å². The fourth-order valence-corrected chi connectivity index (χ4v) is 3.16. The highest BCUT2D eigenvalue weighted by atomic mass is 35.5. The van der Waals surface area contributed by atoms with Crippen molar-refractivity contribution in [2.45, 2.75) is 6.42 Å². The first-order valence-corrected chi connectivity index (χ1v) is 9.14. The molecule has 2 N–H and O–H groups in total. The molecule has 0 radical (unpaired) electrons. The van der Waals surface area contributed by atoms with E-state index in [4.69, 9.17) is 11.6 Å². The molecular formula is C18H14ClFN4O2S. The molecule has 0 atom stereocenters. The molecule has 0 bridgehead atoms. The van der Waals surface area contributed by atoms with Crippen LogP contribution >= 0.6 is 22.9 Å². The maximum Gasteiger partial charge on any atom is 0.257 e. The number of hydrogen-bond donors (Lipinski definition) is 2. The molecule has 1 heterocycles. The lowest BCUT2D eigenvalue weighted by Crippen LogP contribution is -2.25. The van der Waals surface area contributed by atoms with Crippen molar-refractivity contribution in [3.05, 3.63) is 75.5 Å². The zero-order valence-corrected chi connectivity index (χ0v) is 15.5. The van der Waals surface area contributed by atoms with E-state index < -0.39 is 11.7 Å². The Balaban J connectivity index is 1.51. The number of nitrogens with one attached hydrogen (secondary N) is 2. The lowest BCUT2D eigenvalue weighted by atomic mass is 10.2. The van der Waals surface area contributed by atoms with Gasteiger partial charge in [-0.1, -0.05) is 35.1 Å².